The number of esters is 2. The molecule has 0 aliphatic heterocycles. The quantitative estimate of drug-likeness (QED) is 0.155. The van der Waals surface area contributed by atoms with Gasteiger partial charge in [0.1, 0.15) is 5.56 Å². The molecular formula is C33H31N3O8. The van der Waals surface area contributed by atoms with E-state index in [0.717, 1.165) is 17.3 Å². The lowest BCUT2D eigenvalue weighted by Gasteiger charge is -2.19. The summed E-state index contributed by atoms with van der Waals surface area (Å²) in [7, 11) is 0. The number of aliphatic hydroxyl groups excluding tert-OH is 1. The highest BCUT2D eigenvalue weighted by atomic mass is 16.6. The van der Waals surface area contributed by atoms with Gasteiger partial charge in [-0.1, -0.05) is 91.0 Å². The molecule has 226 valence electrons. The van der Waals surface area contributed by atoms with Crippen molar-refractivity contribution in [2.75, 3.05) is 13.2 Å². The molecule has 11 heteroatoms. The van der Waals surface area contributed by atoms with Gasteiger partial charge in [-0.3, -0.25) is 14.4 Å². The predicted molar refractivity (Wildman–Crippen MR) is 159 cm³/mol. The summed E-state index contributed by atoms with van der Waals surface area (Å²) in [5.41, 5.74) is 1.12. The lowest BCUT2D eigenvalue weighted by molar-refractivity contribution is -0.173. The fraction of sp³-hybridized carbons (Fsp3) is 0.212. The number of aromatic nitrogens is 2. The number of H-pyrrole nitrogens is 1. The molecule has 0 aliphatic rings. The van der Waals surface area contributed by atoms with Crippen LogP contribution in [0.1, 0.15) is 63.0 Å². The van der Waals surface area contributed by atoms with E-state index >= 15 is 0 Å². The number of aliphatic hydroxyl groups is 1. The average Bonchev–Trinajstić information content (AvgIpc) is 3.05. The van der Waals surface area contributed by atoms with Crippen LogP contribution in [0.15, 0.2) is 102 Å². The molecule has 1 heterocycles. The van der Waals surface area contributed by atoms with Crippen LogP contribution in [-0.4, -0.2) is 58.0 Å². The van der Waals surface area contributed by atoms with Crippen molar-refractivity contribution in [1.82, 2.24) is 15.3 Å². The maximum atomic E-state index is 13.2. The van der Waals surface area contributed by atoms with E-state index in [1.54, 1.807) is 37.3 Å². The van der Waals surface area contributed by atoms with Crippen LogP contribution in [0.3, 0.4) is 0 Å². The second-order valence-electron chi connectivity index (χ2n) is 9.68. The van der Waals surface area contributed by atoms with Gasteiger partial charge in [0.2, 0.25) is 6.10 Å². The zero-order valence-corrected chi connectivity index (χ0v) is 23.8. The lowest BCUT2D eigenvalue weighted by atomic mass is 9.86. The van der Waals surface area contributed by atoms with Crippen molar-refractivity contribution in [1.29, 1.82) is 0 Å². The smallest absolute Gasteiger partial charge is 0.352 e. The Morgan fingerprint density at radius 3 is 1.91 bits per heavy atom. The SMILES string of the molecule is CCOC(=O)C(OC(=O)[C@H](O)CNC(=O)c1ncc(C(=O)CC(c2ccccc2)c2ccccc2)c(=O)[nH]1)c1ccccc1. The van der Waals surface area contributed by atoms with E-state index in [0.29, 0.717) is 5.56 Å². The van der Waals surface area contributed by atoms with Crippen LogP contribution in [0.4, 0.5) is 0 Å². The Hall–Kier alpha value is -5.42. The number of aromatic amines is 1. The van der Waals surface area contributed by atoms with E-state index in [9.17, 15) is 29.1 Å². The summed E-state index contributed by atoms with van der Waals surface area (Å²) in [6.07, 6.45) is -2.24. The Morgan fingerprint density at radius 1 is 0.841 bits per heavy atom. The molecule has 0 spiro atoms. The van der Waals surface area contributed by atoms with Gasteiger partial charge in [0.25, 0.3) is 11.5 Å². The number of hydrogen-bond donors (Lipinski definition) is 3. The molecule has 0 aliphatic carbocycles. The van der Waals surface area contributed by atoms with Crippen molar-refractivity contribution in [2.45, 2.75) is 31.5 Å². The van der Waals surface area contributed by atoms with Gasteiger partial charge in [0, 0.05) is 24.1 Å². The van der Waals surface area contributed by atoms with E-state index in [4.69, 9.17) is 9.47 Å². The topological polar surface area (TPSA) is 165 Å². The Balaban J connectivity index is 1.39. The van der Waals surface area contributed by atoms with Gasteiger partial charge >= 0.3 is 11.9 Å². The molecule has 0 fully saturated rings. The van der Waals surface area contributed by atoms with Crippen molar-refractivity contribution >= 4 is 23.6 Å². The lowest BCUT2D eigenvalue weighted by Crippen LogP contribution is -2.40. The highest BCUT2D eigenvalue weighted by Crippen LogP contribution is 2.29. The molecule has 3 N–H and O–H groups in total. The van der Waals surface area contributed by atoms with Gasteiger partial charge in [0.05, 0.1) is 13.2 Å². The summed E-state index contributed by atoms with van der Waals surface area (Å²) in [6, 6.07) is 27.0. The van der Waals surface area contributed by atoms with Crippen molar-refractivity contribution in [3.8, 4) is 0 Å². The molecule has 0 bridgehead atoms. The first-order chi connectivity index (χ1) is 21.3. The second kappa shape index (κ2) is 15.2. The summed E-state index contributed by atoms with van der Waals surface area (Å²) >= 11 is 0. The van der Waals surface area contributed by atoms with E-state index < -0.39 is 53.8 Å². The molecule has 0 saturated carbocycles. The van der Waals surface area contributed by atoms with Crippen LogP contribution >= 0.6 is 0 Å². The second-order valence-corrected chi connectivity index (χ2v) is 9.68. The summed E-state index contributed by atoms with van der Waals surface area (Å²) in [5, 5.41) is 12.6. The molecule has 1 unspecified atom stereocenters. The van der Waals surface area contributed by atoms with Crippen molar-refractivity contribution in [3.05, 3.63) is 136 Å². The minimum absolute atomic E-state index is 0.00555. The number of ether oxygens (including phenoxy) is 2. The number of amides is 1. The summed E-state index contributed by atoms with van der Waals surface area (Å²) in [6.45, 7) is 1.04. The summed E-state index contributed by atoms with van der Waals surface area (Å²) < 4.78 is 10.1. The van der Waals surface area contributed by atoms with Gasteiger partial charge < -0.3 is 24.9 Å². The van der Waals surface area contributed by atoms with E-state index in [-0.39, 0.29) is 24.5 Å². The third kappa shape index (κ3) is 8.11. The molecule has 1 amide bonds. The van der Waals surface area contributed by atoms with E-state index in [2.05, 4.69) is 15.3 Å². The predicted octanol–water partition coefficient (Wildman–Crippen LogP) is 3.11. The van der Waals surface area contributed by atoms with Gasteiger partial charge in [0.15, 0.2) is 17.7 Å². The molecular weight excluding hydrogens is 566 g/mol. The highest BCUT2D eigenvalue weighted by Gasteiger charge is 2.30. The first-order valence-electron chi connectivity index (χ1n) is 13.9. The Bertz CT molecular complexity index is 1600. The number of ketones is 1. The van der Waals surface area contributed by atoms with E-state index in [1.807, 2.05) is 60.7 Å². The van der Waals surface area contributed by atoms with Crippen LogP contribution in [0.5, 0.6) is 0 Å². The van der Waals surface area contributed by atoms with Crippen molar-refractivity contribution < 1.29 is 33.8 Å². The number of rotatable bonds is 13. The van der Waals surface area contributed by atoms with Crippen LogP contribution in [0.2, 0.25) is 0 Å². The number of nitrogens with one attached hydrogen (secondary N) is 2. The number of carbonyl (C=O) groups excluding carboxylic acids is 4. The normalized spacial score (nSPS) is 12.2. The molecule has 0 radical (unpaired) electrons. The molecule has 4 aromatic rings. The Morgan fingerprint density at radius 2 is 1.39 bits per heavy atom. The number of Topliss-reactive ketones (excluding diaryl/α,β-unsaturated/α-hetero) is 1. The van der Waals surface area contributed by atoms with Crippen LogP contribution in [0.25, 0.3) is 0 Å². The van der Waals surface area contributed by atoms with Crippen molar-refractivity contribution in [2.24, 2.45) is 0 Å². The van der Waals surface area contributed by atoms with Gasteiger partial charge in [-0.05, 0) is 18.1 Å². The molecule has 11 nitrogen and oxygen atoms in total. The maximum Gasteiger partial charge on any atom is 0.352 e. The standard InChI is InChI=1S/C33H31N3O8/c1-2-43-33(42)28(23-16-10-5-11-17-23)44-32(41)27(38)20-35-31(40)29-34-19-25(30(39)36-29)26(37)18-24(21-12-6-3-7-13-21)22-14-8-4-9-15-22/h3-17,19,24,27-28,38H,2,18,20H2,1H3,(H,35,40)(H,34,36,39)/t27-,28?/m1/s1. The largest absolute Gasteiger partial charge is 0.463 e. The number of hydrogen-bond acceptors (Lipinski definition) is 9. The first kappa shape index (κ1) is 31.5. The number of carbonyl (C=O) groups is 4. The summed E-state index contributed by atoms with van der Waals surface area (Å²) in [5.74, 6) is -4.11. The van der Waals surface area contributed by atoms with E-state index in [1.165, 1.54) is 0 Å². The first-order valence-corrected chi connectivity index (χ1v) is 13.9. The zero-order chi connectivity index (χ0) is 31.5. The molecule has 0 saturated heterocycles. The highest BCUT2D eigenvalue weighted by molar-refractivity contribution is 5.97. The van der Waals surface area contributed by atoms with Crippen LogP contribution in [-0.2, 0) is 19.1 Å². The molecule has 1 aromatic heterocycles. The summed E-state index contributed by atoms with van der Waals surface area (Å²) in [4.78, 5) is 69.7. The third-order valence-electron chi connectivity index (χ3n) is 6.67. The maximum absolute atomic E-state index is 13.2. The van der Waals surface area contributed by atoms with Gasteiger partial charge in [-0.15, -0.1) is 0 Å². The molecule has 4 rings (SSSR count). The monoisotopic (exact) mass is 597 g/mol. The van der Waals surface area contributed by atoms with Crippen LogP contribution < -0.4 is 10.9 Å². The minimum Gasteiger partial charge on any atom is -0.463 e. The third-order valence-corrected chi connectivity index (χ3v) is 6.67. The number of nitrogens with zero attached hydrogens (tertiary/aromatic N) is 1. The fourth-order valence-electron chi connectivity index (χ4n) is 4.45. The molecule has 3 aromatic carbocycles. The number of benzene rings is 3. The van der Waals surface area contributed by atoms with Crippen molar-refractivity contribution in [3.63, 3.8) is 0 Å². The minimum atomic E-state index is -1.85. The van der Waals surface area contributed by atoms with Gasteiger partial charge in [-0.25, -0.2) is 14.6 Å². The van der Waals surface area contributed by atoms with Crippen LogP contribution in [0, 0.1) is 0 Å². The molecule has 44 heavy (non-hydrogen) atoms. The fourth-order valence-corrected chi connectivity index (χ4v) is 4.45. The average molecular weight is 598 g/mol. The zero-order valence-electron chi connectivity index (χ0n) is 23.8. The Labute approximate surface area is 252 Å². The van der Waals surface area contributed by atoms with Gasteiger partial charge in [-0.2, -0.15) is 0 Å². The Kier molecular flexibility index (Phi) is 10.9. The molecule has 2 atom stereocenters.